The minimum Gasteiger partial charge on any atom is -0.457 e. The number of halogens is 3. The zero-order chi connectivity index (χ0) is 19.1. The number of aryl methyl sites for hydroxylation is 2. The summed E-state index contributed by atoms with van der Waals surface area (Å²) < 4.78 is 42.8. The molecule has 2 heterocycles. The van der Waals surface area contributed by atoms with Crippen LogP contribution in [0.3, 0.4) is 0 Å². The van der Waals surface area contributed by atoms with E-state index in [1.54, 1.807) is 13.8 Å². The highest BCUT2D eigenvalue weighted by Gasteiger charge is 2.30. The van der Waals surface area contributed by atoms with Crippen molar-refractivity contribution >= 4 is 27.5 Å². The quantitative estimate of drug-likeness (QED) is 0.696. The van der Waals surface area contributed by atoms with Gasteiger partial charge < -0.3 is 9.72 Å². The number of nitrogens with one attached hydrogen (secondary N) is 1. The summed E-state index contributed by atoms with van der Waals surface area (Å²) in [7, 11) is 0. The Hall–Kier alpha value is -2.68. The number of H-pyrrole nitrogens is 1. The van der Waals surface area contributed by atoms with Gasteiger partial charge in [-0.05, 0) is 37.1 Å². The van der Waals surface area contributed by atoms with Crippen LogP contribution in [0.1, 0.15) is 32.2 Å². The topological polar surface area (TPSA) is 72.0 Å². The van der Waals surface area contributed by atoms with Crippen LogP contribution >= 0.6 is 11.3 Å². The molecule has 0 aliphatic carbocycles. The third-order valence-corrected chi connectivity index (χ3v) is 4.92. The number of ether oxygens (including phenoxy) is 1. The highest BCUT2D eigenvalue weighted by molar-refractivity contribution is 7.20. The van der Waals surface area contributed by atoms with Gasteiger partial charge in [-0.3, -0.25) is 4.79 Å². The summed E-state index contributed by atoms with van der Waals surface area (Å²) in [5.74, 6) is -0.212. The van der Waals surface area contributed by atoms with Gasteiger partial charge in [-0.25, -0.2) is 9.78 Å². The molecule has 0 atom stereocenters. The lowest BCUT2D eigenvalue weighted by atomic mass is 10.1. The lowest BCUT2D eigenvalue weighted by Crippen LogP contribution is -2.10. The minimum atomic E-state index is -4.42. The van der Waals surface area contributed by atoms with Crippen molar-refractivity contribution in [2.45, 2.75) is 26.6 Å². The maximum atomic E-state index is 12.5. The van der Waals surface area contributed by atoms with Crippen molar-refractivity contribution in [2.75, 3.05) is 0 Å². The molecule has 0 saturated heterocycles. The van der Waals surface area contributed by atoms with E-state index in [2.05, 4.69) is 9.97 Å². The Labute approximate surface area is 149 Å². The molecule has 0 spiro atoms. The second-order valence-electron chi connectivity index (χ2n) is 5.66. The maximum Gasteiger partial charge on any atom is 0.416 e. The molecule has 0 aliphatic rings. The van der Waals surface area contributed by atoms with Crippen LogP contribution in [-0.4, -0.2) is 15.9 Å². The number of fused-ring (bicyclic) bond motifs is 1. The molecule has 26 heavy (non-hydrogen) atoms. The Balaban J connectivity index is 1.79. The number of aromatic nitrogens is 2. The first-order valence-electron chi connectivity index (χ1n) is 7.50. The van der Waals surface area contributed by atoms with Gasteiger partial charge in [-0.15, -0.1) is 11.3 Å². The number of carbonyl (C=O) groups is 1. The molecule has 0 unspecified atom stereocenters. The number of nitrogens with zero attached hydrogens (tertiary/aromatic N) is 1. The summed E-state index contributed by atoms with van der Waals surface area (Å²) in [6.07, 6.45) is -4.42. The molecule has 1 N–H and O–H groups in total. The Kier molecular flexibility index (Phi) is 4.57. The standard InChI is InChI=1S/C17H13F3N2O3S/c1-8-12-14(23)21-9(2)22-15(12)26-13(8)16(24)25-7-10-3-5-11(6-4-10)17(18,19)20/h3-6H,7H2,1-2H3,(H,21,22,23). The highest BCUT2D eigenvalue weighted by atomic mass is 32.1. The average Bonchev–Trinajstić information content (AvgIpc) is 2.89. The van der Waals surface area contributed by atoms with Crippen LogP contribution in [-0.2, 0) is 17.5 Å². The fraction of sp³-hybridized carbons (Fsp3) is 0.235. The molecule has 3 aromatic rings. The molecule has 0 amide bonds. The predicted octanol–water partition coefficient (Wildman–Crippen LogP) is 3.98. The summed E-state index contributed by atoms with van der Waals surface area (Å²) in [6, 6.07) is 4.37. The Morgan fingerprint density at radius 3 is 2.50 bits per heavy atom. The highest BCUT2D eigenvalue weighted by Crippen LogP contribution is 2.30. The zero-order valence-electron chi connectivity index (χ0n) is 13.7. The fourth-order valence-electron chi connectivity index (χ4n) is 2.45. The number of alkyl halides is 3. The van der Waals surface area contributed by atoms with Crippen LogP contribution in [0.25, 0.3) is 10.2 Å². The van der Waals surface area contributed by atoms with Gasteiger partial charge in [-0.2, -0.15) is 13.2 Å². The van der Waals surface area contributed by atoms with Gasteiger partial charge in [0, 0.05) is 0 Å². The van der Waals surface area contributed by atoms with Gasteiger partial charge in [0.1, 0.15) is 22.1 Å². The van der Waals surface area contributed by atoms with Gasteiger partial charge in [0.05, 0.1) is 10.9 Å². The van der Waals surface area contributed by atoms with Gasteiger partial charge >= 0.3 is 12.1 Å². The molecule has 0 aliphatic heterocycles. The molecule has 1 aromatic carbocycles. The van der Waals surface area contributed by atoms with E-state index in [-0.39, 0.29) is 17.0 Å². The predicted molar refractivity (Wildman–Crippen MR) is 90.3 cm³/mol. The van der Waals surface area contributed by atoms with Crippen LogP contribution < -0.4 is 5.56 Å². The van der Waals surface area contributed by atoms with E-state index >= 15 is 0 Å². The van der Waals surface area contributed by atoms with Gasteiger partial charge in [0.25, 0.3) is 5.56 Å². The van der Waals surface area contributed by atoms with Crippen molar-refractivity contribution in [2.24, 2.45) is 0 Å². The van der Waals surface area contributed by atoms with Crippen LogP contribution in [0.4, 0.5) is 13.2 Å². The van der Waals surface area contributed by atoms with Crippen molar-refractivity contribution < 1.29 is 22.7 Å². The fourth-order valence-corrected chi connectivity index (χ4v) is 3.57. The first kappa shape index (κ1) is 18.1. The maximum absolute atomic E-state index is 12.5. The van der Waals surface area contributed by atoms with E-state index in [9.17, 15) is 22.8 Å². The lowest BCUT2D eigenvalue weighted by Gasteiger charge is -2.08. The monoisotopic (exact) mass is 382 g/mol. The number of rotatable bonds is 3. The average molecular weight is 382 g/mol. The van der Waals surface area contributed by atoms with Gasteiger partial charge in [-0.1, -0.05) is 12.1 Å². The second-order valence-corrected chi connectivity index (χ2v) is 6.66. The molecule has 0 radical (unpaired) electrons. The van der Waals surface area contributed by atoms with E-state index in [0.29, 0.717) is 27.2 Å². The van der Waals surface area contributed by atoms with Crippen molar-refractivity contribution in [1.29, 1.82) is 0 Å². The first-order chi connectivity index (χ1) is 12.2. The third kappa shape index (κ3) is 3.48. The molecule has 0 saturated carbocycles. The molecule has 136 valence electrons. The SMILES string of the molecule is Cc1nc2sc(C(=O)OCc3ccc(C(F)(F)F)cc3)c(C)c2c(=O)[nH]1. The van der Waals surface area contributed by atoms with E-state index in [1.165, 1.54) is 12.1 Å². The van der Waals surface area contributed by atoms with Gasteiger partial charge in [0.2, 0.25) is 0 Å². The van der Waals surface area contributed by atoms with Crippen molar-refractivity contribution in [3.05, 3.63) is 62.0 Å². The van der Waals surface area contributed by atoms with E-state index in [0.717, 1.165) is 23.5 Å². The second kappa shape index (κ2) is 6.56. The van der Waals surface area contributed by atoms with E-state index < -0.39 is 17.7 Å². The molecule has 0 fully saturated rings. The number of aromatic amines is 1. The zero-order valence-corrected chi connectivity index (χ0v) is 14.5. The summed E-state index contributed by atoms with van der Waals surface area (Å²) in [5.41, 5.74) is -0.204. The number of esters is 1. The summed E-state index contributed by atoms with van der Waals surface area (Å²) in [6.45, 7) is 3.09. The number of hydrogen-bond acceptors (Lipinski definition) is 5. The van der Waals surface area contributed by atoms with E-state index in [4.69, 9.17) is 4.74 Å². The molecule has 2 aromatic heterocycles. The molecular formula is C17H13F3N2O3S. The lowest BCUT2D eigenvalue weighted by molar-refractivity contribution is -0.137. The number of thiophene rings is 1. The third-order valence-electron chi connectivity index (χ3n) is 3.76. The molecule has 9 heteroatoms. The van der Waals surface area contributed by atoms with Crippen LogP contribution in [0.15, 0.2) is 29.1 Å². The summed E-state index contributed by atoms with van der Waals surface area (Å²) in [4.78, 5) is 31.8. The summed E-state index contributed by atoms with van der Waals surface area (Å²) >= 11 is 1.05. The number of benzene rings is 1. The van der Waals surface area contributed by atoms with Gasteiger partial charge in [0.15, 0.2) is 0 Å². The molecular weight excluding hydrogens is 369 g/mol. The van der Waals surface area contributed by atoms with Crippen LogP contribution in [0.2, 0.25) is 0 Å². The van der Waals surface area contributed by atoms with Crippen molar-refractivity contribution in [3.8, 4) is 0 Å². The van der Waals surface area contributed by atoms with Crippen molar-refractivity contribution in [1.82, 2.24) is 9.97 Å². The van der Waals surface area contributed by atoms with Crippen molar-refractivity contribution in [3.63, 3.8) is 0 Å². The molecule has 5 nitrogen and oxygen atoms in total. The normalized spacial score (nSPS) is 11.7. The van der Waals surface area contributed by atoms with E-state index in [1.807, 2.05) is 0 Å². The van der Waals surface area contributed by atoms with Crippen LogP contribution in [0.5, 0.6) is 0 Å². The Bertz CT molecular complexity index is 1040. The number of hydrogen-bond donors (Lipinski definition) is 1. The molecule has 3 rings (SSSR count). The Morgan fingerprint density at radius 1 is 1.23 bits per heavy atom. The smallest absolute Gasteiger partial charge is 0.416 e. The van der Waals surface area contributed by atoms with Crippen LogP contribution in [0, 0.1) is 13.8 Å². The largest absolute Gasteiger partial charge is 0.457 e. The number of carbonyl (C=O) groups excluding carboxylic acids is 1. The Morgan fingerprint density at radius 2 is 1.88 bits per heavy atom. The summed E-state index contributed by atoms with van der Waals surface area (Å²) in [5, 5.41) is 0.335. The first-order valence-corrected chi connectivity index (χ1v) is 8.31. The molecule has 0 bridgehead atoms. The minimum absolute atomic E-state index is 0.173.